The number of hydrogen-bond acceptors (Lipinski definition) is 5. The third kappa shape index (κ3) is 5.33. The monoisotopic (exact) mass is 413 g/mol. The molecule has 2 N–H and O–H groups in total. The zero-order valence-electron chi connectivity index (χ0n) is 15.9. The van der Waals surface area contributed by atoms with Gasteiger partial charge in [0.15, 0.2) is 0 Å². The Kier molecular flexibility index (Phi) is 7.06. The van der Waals surface area contributed by atoms with Gasteiger partial charge in [-0.25, -0.2) is 4.98 Å². The van der Waals surface area contributed by atoms with E-state index < -0.39 is 6.04 Å². The Morgan fingerprint density at radius 1 is 1.18 bits per heavy atom. The molecular weight excluding hydrogens is 390 g/mol. The minimum Gasteiger partial charge on any atom is -0.348 e. The molecule has 0 spiro atoms. The van der Waals surface area contributed by atoms with Gasteiger partial charge in [0.1, 0.15) is 11.0 Å². The van der Waals surface area contributed by atoms with Crippen LogP contribution in [-0.4, -0.2) is 34.8 Å². The van der Waals surface area contributed by atoms with Crippen LogP contribution in [0.2, 0.25) is 0 Å². The molecule has 0 bridgehead atoms. The number of nitrogens with one attached hydrogen (secondary N) is 2. The Labute approximate surface area is 172 Å². The van der Waals surface area contributed by atoms with Crippen LogP contribution in [0.15, 0.2) is 48.5 Å². The lowest BCUT2D eigenvalue weighted by atomic mass is 10.1. The van der Waals surface area contributed by atoms with Crippen LogP contribution in [0, 0.1) is 6.92 Å². The third-order valence-corrected chi connectivity index (χ3v) is 5.95. The normalized spacial score (nSPS) is 11.9. The summed E-state index contributed by atoms with van der Waals surface area (Å²) in [5.74, 6) is 0.368. The van der Waals surface area contributed by atoms with Crippen molar-refractivity contribution in [3.05, 3.63) is 64.7 Å². The van der Waals surface area contributed by atoms with Crippen LogP contribution >= 0.6 is 23.1 Å². The summed E-state index contributed by atoms with van der Waals surface area (Å²) in [5, 5.41) is 6.65. The summed E-state index contributed by atoms with van der Waals surface area (Å²) in [7, 11) is 0. The fraction of sp³-hybridized carbons (Fsp3) is 0.286. The van der Waals surface area contributed by atoms with Crippen molar-refractivity contribution >= 4 is 45.1 Å². The highest BCUT2D eigenvalue weighted by Crippen LogP contribution is 2.21. The summed E-state index contributed by atoms with van der Waals surface area (Å²) in [5.41, 5.74) is 2.50. The number of aromatic nitrogens is 1. The van der Waals surface area contributed by atoms with Gasteiger partial charge < -0.3 is 10.6 Å². The molecule has 2 aromatic carbocycles. The van der Waals surface area contributed by atoms with E-state index in [-0.39, 0.29) is 11.8 Å². The van der Waals surface area contributed by atoms with Crippen molar-refractivity contribution in [2.24, 2.45) is 0 Å². The van der Waals surface area contributed by atoms with Crippen molar-refractivity contribution in [1.82, 2.24) is 15.6 Å². The van der Waals surface area contributed by atoms with Crippen molar-refractivity contribution in [3.8, 4) is 0 Å². The molecular formula is C21H23N3O2S2. The lowest BCUT2D eigenvalue weighted by molar-refractivity contribution is -0.123. The maximum Gasteiger partial charge on any atom is 0.251 e. The Morgan fingerprint density at radius 3 is 2.75 bits per heavy atom. The van der Waals surface area contributed by atoms with E-state index in [0.717, 1.165) is 26.5 Å². The van der Waals surface area contributed by atoms with Crippen LogP contribution in [0.4, 0.5) is 0 Å². The van der Waals surface area contributed by atoms with E-state index in [1.807, 2.05) is 55.6 Å². The lowest BCUT2D eigenvalue weighted by Gasteiger charge is -2.18. The molecule has 0 fully saturated rings. The first kappa shape index (κ1) is 20.4. The van der Waals surface area contributed by atoms with Gasteiger partial charge in [0.2, 0.25) is 5.91 Å². The summed E-state index contributed by atoms with van der Waals surface area (Å²) in [6.45, 7) is 2.29. The number of nitrogens with zero attached hydrogens (tertiary/aromatic N) is 1. The lowest BCUT2D eigenvalue weighted by Crippen LogP contribution is -2.46. The standard InChI is InChI=1S/C21H23N3O2S2/c1-14-6-5-7-15(12-14)20(25)24-17(10-11-27-2)21(26)22-13-19-23-16-8-3-4-9-18(16)28-19/h3-9,12,17H,10-11,13H2,1-2H3,(H,22,26)(H,24,25). The largest absolute Gasteiger partial charge is 0.348 e. The zero-order chi connectivity index (χ0) is 19.9. The summed E-state index contributed by atoms with van der Waals surface area (Å²) in [6.07, 6.45) is 2.56. The fourth-order valence-corrected chi connectivity index (χ4v) is 4.19. The SMILES string of the molecule is CSCCC(NC(=O)c1cccc(C)c1)C(=O)NCc1nc2ccccc2s1. The number of thiazole rings is 1. The second-order valence-corrected chi connectivity index (χ2v) is 8.57. The predicted octanol–water partition coefficient (Wildman–Crippen LogP) is 3.77. The molecule has 0 radical (unpaired) electrons. The number of carbonyl (C=O) groups excluding carboxylic acids is 2. The van der Waals surface area contributed by atoms with Gasteiger partial charge in [-0.05, 0) is 49.6 Å². The number of para-hydroxylation sites is 1. The first-order valence-electron chi connectivity index (χ1n) is 9.05. The minimum absolute atomic E-state index is 0.186. The predicted molar refractivity (Wildman–Crippen MR) is 117 cm³/mol. The highest BCUT2D eigenvalue weighted by molar-refractivity contribution is 7.98. The quantitative estimate of drug-likeness (QED) is 0.590. The van der Waals surface area contributed by atoms with Crippen molar-refractivity contribution < 1.29 is 9.59 Å². The van der Waals surface area contributed by atoms with E-state index in [0.29, 0.717) is 18.5 Å². The van der Waals surface area contributed by atoms with E-state index in [9.17, 15) is 9.59 Å². The molecule has 1 aromatic heterocycles. The summed E-state index contributed by atoms with van der Waals surface area (Å²) in [6, 6.07) is 14.7. The van der Waals surface area contributed by atoms with Crippen molar-refractivity contribution in [1.29, 1.82) is 0 Å². The highest BCUT2D eigenvalue weighted by atomic mass is 32.2. The molecule has 7 heteroatoms. The van der Waals surface area contributed by atoms with E-state index >= 15 is 0 Å². The molecule has 0 aliphatic heterocycles. The number of amides is 2. The first-order valence-corrected chi connectivity index (χ1v) is 11.3. The van der Waals surface area contributed by atoms with Crippen molar-refractivity contribution in [2.45, 2.75) is 25.9 Å². The average Bonchev–Trinajstić information content (AvgIpc) is 3.12. The first-order chi connectivity index (χ1) is 13.6. The minimum atomic E-state index is -0.574. The van der Waals surface area contributed by atoms with Crippen molar-refractivity contribution in [2.75, 3.05) is 12.0 Å². The van der Waals surface area contributed by atoms with Gasteiger partial charge in [0.25, 0.3) is 5.91 Å². The number of fused-ring (bicyclic) bond motifs is 1. The molecule has 5 nitrogen and oxygen atoms in total. The van der Waals surface area contributed by atoms with E-state index in [2.05, 4.69) is 15.6 Å². The van der Waals surface area contributed by atoms with Crippen LogP contribution in [0.5, 0.6) is 0 Å². The zero-order valence-corrected chi connectivity index (χ0v) is 17.5. The van der Waals surface area contributed by atoms with Gasteiger partial charge in [-0.2, -0.15) is 11.8 Å². The summed E-state index contributed by atoms with van der Waals surface area (Å²) >= 11 is 3.21. The molecule has 3 aromatic rings. The molecule has 0 aliphatic carbocycles. The molecule has 0 saturated carbocycles. The van der Waals surface area contributed by atoms with Crippen LogP contribution < -0.4 is 10.6 Å². The molecule has 0 saturated heterocycles. The second-order valence-electron chi connectivity index (χ2n) is 6.47. The van der Waals surface area contributed by atoms with E-state index in [1.165, 1.54) is 0 Å². The van der Waals surface area contributed by atoms with Crippen molar-refractivity contribution in [3.63, 3.8) is 0 Å². The van der Waals surface area contributed by atoms with Gasteiger partial charge >= 0.3 is 0 Å². The van der Waals surface area contributed by atoms with E-state index in [1.54, 1.807) is 29.2 Å². The summed E-state index contributed by atoms with van der Waals surface area (Å²) < 4.78 is 1.10. The van der Waals surface area contributed by atoms with Crippen LogP contribution in [0.1, 0.15) is 27.3 Å². The number of rotatable bonds is 8. The number of thioether (sulfide) groups is 1. The smallest absolute Gasteiger partial charge is 0.251 e. The molecule has 1 heterocycles. The Balaban J connectivity index is 1.64. The molecule has 1 atom stereocenters. The molecule has 1 unspecified atom stereocenters. The Morgan fingerprint density at radius 2 is 2.00 bits per heavy atom. The van der Waals surface area contributed by atoms with Gasteiger partial charge in [0, 0.05) is 5.56 Å². The van der Waals surface area contributed by atoms with Gasteiger partial charge in [-0.3, -0.25) is 9.59 Å². The van der Waals surface area contributed by atoms with Gasteiger partial charge in [-0.15, -0.1) is 11.3 Å². The Bertz CT molecular complexity index is 938. The molecule has 2 amide bonds. The molecule has 146 valence electrons. The topological polar surface area (TPSA) is 71.1 Å². The van der Waals surface area contributed by atoms with Crippen LogP contribution in [0.3, 0.4) is 0 Å². The number of aryl methyl sites for hydroxylation is 1. The molecule has 3 rings (SSSR count). The van der Waals surface area contributed by atoms with E-state index in [4.69, 9.17) is 0 Å². The molecule has 28 heavy (non-hydrogen) atoms. The third-order valence-electron chi connectivity index (χ3n) is 4.26. The average molecular weight is 414 g/mol. The van der Waals surface area contributed by atoms with Crippen LogP contribution in [-0.2, 0) is 11.3 Å². The number of hydrogen-bond donors (Lipinski definition) is 2. The highest BCUT2D eigenvalue weighted by Gasteiger charge is 2.21. The fourth-order valence-electron chi connectivity index (χ4n) is 2.81. The number of benzene rings is 2. The maximum absolute atomic E-state index is 12.7. The second kappa shape index (κ2) is 9.71. The van der Waals surface area contributed by atoms with Crippen LogP contribution in [0.25, 0.3) is 10.2 Å². The summed E-state index contributed by atoms with van der Waals surface area (Å²) in [4.78, 5) is 29.8. The van der Waals surface area contributed by atoms with Gasteiger partial charge in [0.05, 0.1) is 16.8 Å². The Hall–Kier alpha value is -2.38. The molecule has 0 aliphatic rings. The van der Waals surface area contributed by atoms with Gasteiger partial charge in [-0.1, -0.05) is 29.8 Å². The maximum atomic E-state index is 12.7. The number of carbonyl (C=O) groups is 2.